The number of anilines is 1. The van der Waals surface area contributed by atoms with Gasteiger partial charge in [0, 0.05) is 25.2 Å². The number of nitrogen functional groups attached to an aromatic ring is 1. The SMILES string of the molecule is C=CCN1CC2CCC(n3nc(-c4ccc5ncsc5c4)c4c(N)ncnc43)CC2C1. The Bertz CT molecular complexity index is 1280. The van der Waals surface area contributed by atoms with Crippen molar-refractivity contribution in [3.8, 4) is 11.3 Å². The summed E-state index contributed by atoms with van der Waals surface area (Å²) in [4.78, 5) is 15.8. The molecule has 31 heavy (non-hydrogen) atoms. The van der Waals surface area contributed by atoms with Gasteiger partial charge in [0.1, 0.15) is 17.8 Å². The van der Waals surface area contributed by atoms with Crippen LogP contribution in [0.4, 0.5) is 5.82 Å². The summed E-state index contributed by atoms with van der Waals surface area (Å²) >= 11 is 1.64. The Hall–Kier alpha value is -2.84. The zero-order valence-electron chi connectivity index (χ0n) is 17.3. The highest BCUT2D eigenvalue weighted by molar-refractivity contribution is 7.16. The number of nitrogens with two attached hydrogens (primary N) is 1. The Balaban J connectivity index is 1.40. The summed E-state index contributed by atoms with van der Waals surface area (Å²) < 4.78 is 3.27. The second-order valence-electron chi connectivity index (χ2n) is 8.78. The van der Waals surface area contributed by atoms with Crippen molar-refractivity contribution in [2.24, 2.45) is 11.8 Å². The number of rotatable bonds is 4. The summed E-state index contributed by atoms with van der Waals surface area (Å²) in [5.41, 5.74) is 12.0. The lowest BCUT2D eigenvalue weighted by molar-refractivity contribution is 0.219. The van der Waals surface area contributed by atoms with Crippen LogP contribution in [0.1, 0.15) is 25.3 Å². The summed E-state index contributed by atoms with van der Waals surface area (Å²) in [6.07, 6.45) is 7.05. The van der Waals surface area contributed by atoms with Gasteiger partial charge < -0.3 is 5.73 Å². The van der Waals surface area contributed by atoms with Gasteiger partial charge in [0.25, 0.3) is 0 Å². The Kier molecular flexibility index (Phi) is 4.50. The summed E-state index contributed by atoms with van der Waals surface area (Å²) in [6.45, 7) is 7.24. The van der Waals surface area contributed by atoms with Crippen molar-refractivity contribution in [3.05, 3.63) is 42.7 Å². The van der Waals surface area contributed by atoms with E-state index >= 15 is 0 Å². The number of hydrogen-bond donors (Lipinski definition) is 1. The number of fused-ring (bicyclic) bond motifs is 3. The second-order valence-corrected chi connectivity index (χ2v) is 9.67. The molecular weight excluding hydrogens is 406 g/mol. The molecule has 0 spiro atoms. The Morgan fingerprint density at radius 2 is 2.06 bits per heavy atom. The lowest BCUT2D eigenvalue weighted by Crippen LogP contribution is -2.26. The number of thiazole rings is 1. The van der Waals surface area contributed by atoms with Crippen LogP contribution in [0.3, 0.4) is 0 Å². The fourth-order valence-electron chi connectivity index (χ4n) is 5.51. The van der Waals surface area contributed by atoms with Gasteiger partial charge in [0.05, 0.1) is 27.2 Å². The highest BCUT2D eigenvalue weighted by Gasteiger charge is 2.38. The highest BCUT2D eigenvalue weighted by atomic mass is 32.1. The molecule has 1 aromatic carbocycles. The molecule has 2 aliphatic rings. The van der Waals surface area contributed by atoms with Crippen molar-refractivity contribution in [1.29, 1.82) is 0 Å². The van der Waals surface area contributed by atoms with Crippen LogP contribution in [-0.4, -0.2) is 49.3 Å². The van der Waals surface area contributed by atoms with Crippen LogP contribution < -0.4 is 5.73 Å². The van der Waals surface area contributed by atoms with Gasteiger partial charge in [0.2, 0.25) is 0 Å². The average Bonchev–Trinajstić information content (AvgIpc) is 3.49. The zero-order valence-corrected chi connectivity index (χ0v) is 18.1. The van der Waals surface area contributed by atoms with Crippen molar-refractivity contribution < 1.29 is 0 Å². The van der Waals surface area contributed by atoms with Gasteiger partial charge in [-0.3, -0.25) is 4.90 Å². The van der Waals surface area contributed by atoms with Gasteiger partial charge in [-0.2, -0.15) is 5.10 Å². The van der Waals surface area contributed by atoms with Crippen LogP contribution in [0, 0.1) is 11.8 Å². The third-order valence-electron chi connectivity index (χ3n) is 6.95. The van der Waals surface area contributed by atoms with Crippen LogP contribution in [0.2, 0.25) is 0 Å². The topological polar surface area (TPSA) is 85.8 Å². The van der Waals surface area contributed by atoms with E-state index < -0.39 is 0 Å². The zero-order chi connectivity index (χ0) is 20.9. The Morgan fingerprint density at radius 3 is 2.97 bits per heavy atom. The van der Waals surface area contributed by atoms with Gasteiger partial charge in [0.15, 0.2) is 5.65 Å². The van der Waals surface area contributed by atoms with Gasteiger partial charge in [-0.25, -0.2) is 19.6 Å². The molecule has 3 unspecified atom stereocenters. The number of nitrogens with zero attached hydrogens (tertiary/aromatic N) is 6. The van der Waals surface area contributed by atoms with Gasteiger partial charge >= 0.3 is 0 Å². The molecule has 1 aliphatic heterocycles. The maximum Gasteiger partial charge on any atom is 0.164 e. The van der Waals surface area contributed by atoms with Gasteiger partial charge in [-0.15, -0.1) is 17.9 Å². The lowest BCUT2D eigenvalue weighted by Gasteiger charge is -2.31. The third kappa shape index (κ3) is 3.13. The molecular formula is C23H25N7S. The van der Waals surface area contributed by atoms with E-state index in [1.54, 1.807) is 17.7 Å². The molecule has 0 bridgehead atoms. The van der Waals surface area contributed by atoms with Crippen molar-refractivity contribution in [2.45, 2.75) is 25.3 Å². The molecule has 3 aromatic heterocycles. The van der Waals surface area contributed by atoms with Gasteiger partial charge in [-0.05, 0) is 43.2 Å². The number of likely N-dealkylation sites (tertiary alicyclic amines) is 1. The minimum atomic E-state index is 0.336. The molecule has 6 rings (SSSR count). The van der Waals surface area contributed by atoms with Crippen molar-refractivity contribution >= 4 is 38.4 Å². The maximum atomic E-state index is 6.34. The minimum Gasteiger partial charge on any atom is -0.383 e. The predicted molar refractivity (Wildman–Crippen MR) is 125 cm³/mol. The summed E-state index contributed by atoms with van der Waals surface area (Å²) in [5, 5.41) is 5.95. The largest absolute Gasteiger partial charge is 0.383 e. The first kappa shape index (κ1) is 18.9. The van der Waals surface area contributed by atoms with E-state index in [0.717, 1.165) is 64.4 Å². The maximum absolute atomic E-state index is 6.34. The number of benzene rings is 1. The molecule has 8 heteroatoms. The third-order valence-corrected chi connectivity index (χ3v) is 7.75. The molecule has 0 amide bonds. The van der Waals surface area contributed by atoms with Crippen molar-refractivity contribution in [3.63, 3.8) is 0 Å². The van der Waals surface area contributed by atoms with E-state index in [9.17, 15) is 0 Å². The fraction of sp³-hybridized carbons (Fsp3) is 0.391. The van der Waals surface area contributed by atoms with Crippen LogP contribution in [-0.2, 0) is 0 Å². The molecule has 1 aliphatic carbocycles. The van der Waals surface area contributed by atoms with Crippen LogP contribution >= 0.6 is 11.3 Å². The molecule has 4 aromatic rings. The first-order chi connectivity index (χ1) is 15.2. The Labute approximate surface area is 184 Å². The predicted octanol–water partition coefficient (Wildman–Crippen LogP) is 4.14. The summed E-state index contributed by atoms with van der Waals surface area (Å²) in [6, 6.07) is 6.60. The quantitative estimate of drug-likeness (QED) is 0.489. The van der Waals surface area contributed by atoms with E-state index in [2.05, 4.69) is 43.2 Å². The molecule has 1 saturated carbocycles. The highest BCUT2D eigenvalue weighted by Crippen LogP contribution is 2.43. The first-order valence-corrected chi connectivity index (χ1v) is 11.7. The number of aromatic nitrogens is 5. The molecule has 158 valence electrons. The number of hydrogen-bond acceptors (Lipinski definition) is 7. The van der Waals surface area contributed by atoms with E-state index in [0.29, 0.717) is 17.8 Å². The average molecular weight is 432 g/mol. The minimum absolute atomic E-state index is 0.336. The monoisotopic (exact) mass is 431 g/mol. The van der Waals surface area contributed by atoms with Crippen LogP contribution in [0.15, 0.2) is 42.7 Å². The van der Waals surface area contributed by atoms with E-state index in [1.165, 1.54) is 13.0 Å². The first-order valence-electron chi connectivity index (χ1n) is 10.9. The standard InChI is InChI=1S/C23H25N7S/c1-2-7-29-10-15-3-5-17(8-16(15)11-29)30-23-20(22(24)25-12-26-23)21(28-30)14-4-6-18-19(9-14)31-13-27-18/h2,4,6,9,12-13,15-17H,1,3,5,7-8,10-11H2,(H2,24,25,26). The van der Waals surface area contributed by atoms with Crippen molar-refractivity contribution in [2.75, 3.05) is 25.4 Å². The van der Waals surface area contributed by atoms with Crippen molar-refractivity contribution in [1.82, 2.24) is 29.6 Å². The smallest absolute Gasteiger partial charge is 0.164 e. The second kappa shape index (κ2) is 7.39. The Morgan fingerprint density at radius 1 is 1.16 bits per heavy atom. The lowest BCUT2D eigenvalue weighted by atomic mass is 9.79. The summed E-state index contributed by atoms with van der Waals surface area (Å²) in [7, 11) is 0. The molecule has 1 saturated heterocycles. The fourth-order valence-corrected chi connectivity index (χ4v) is 6.23. The van der Waals surface area contributed by atoms with Gasteiger partial charge in [-0.1, -0.05) is 12.1 Å². The molecule has 2 N–H and O–H groups in total. The van der Waals surface area contributed by atoms with E-state index in [4.69, 9.17) is 10.8 Å². The van der Waals surface area contributed by atoms with Crippen LogP contribution in [0.5, 0.6) is 0 Å². The molecule has 3 atom stereocenters. The van der Waals surface area contributed by atoms with E-state index in [1.807, 2.05) is 17.7 Å². The van der Waals surface area contributed by atoms with E-state index in [-0.39, 0.29) is 0 Å². The molecule has 2 fully saturated rings. The molecule has 7 nitrogen and oxygen atoms in total. The normalized spacial score (nSPS) is 24.1. The molecule has 0 radical (unpaired) electrons. The van der Waals surface area contributed by atoms with Crippen LogP contribution in [0.25, 0.3) is 32.5 Å². The molecule has 4 heterocycles. The summed E-state index contributed by atoms with van der Waals surface area (Å²) in [5.74, 6) is 1.97.